The van der Waals surface area contributed by atoms with Crippen LogP contribution in [-0.2, 0) is 16.1 Å². The predicted octanol–water partition coefficient (Wildman–Crippen LogP) is 5.97. The largest absolute Gasteiger partial charge is 0.490 e. The van der Waals surface area contributed by atoms with Crippen LogP contribution in [0.2, 0.25) is 5.02 Å². The van der Waals surface area contributed by atoms with Gasteiger partial charge in [-0.15, -0.1) is 0 Å². The zero-order valence-electron chi connectivity index (χ0n) is 17.8. The number of benzene rings is 3. The molecule has 0 N–H and O–H groups in total. The highest BCUT2D eigenvalue weighted by atomic mass is 35.5. The van der Waals surface area contributed by atoms with Gasteiger partial charge in [0.25, 0.3) is 0 Å². The maximum atomic E-state index is 12.3. The van der Waals surface area contributed by atoms with E-state index in [0.29, 0.717) is 35.3 Å². The number of aliphatic imine (C=N–C) groups is 1. The molecule has 0 radical (unpaired) electrons. The van der Waals surface area contributed by atoms with E-state index in [-0.39, 0.29) is 11.6 Å². The van der Waals surface area contributed by atoms with Gasteiger partial charge in [-0.3, -0.25) is 0 Å². The zero-order chi connectivity index (χ0) is 22.5. The van der Waals surface area contributed by atoms with Gasteiger partial charge in [-0.2, -0.15) is 0 Å². The number of nitrogens with zero attached hydrogens (tertiary/aromatic N) is 1. The Morgan fingerprint density at radius 3 is 2.50 bits per heavy atom. The summed E-state index contributed by atoms with van der Waals surface area (Å²) in [5, 5.41) is 0.383. The van der Waals surface area contributed by atoms with Crippen molar-refractivity contribution in [3.8, 4) is 11.5 Å². The van der Waals surface area contributed by atoms with E-state index in [2.05, 4.69) is 4.99 Å². The molecular weight excluding hydrogens is 426 g/mol. The van der Waals surface area contributed by atoms with Crippen LogP contribution in [0, 0.1) is 6.92 Å². The molecule has 6 heteroatoms. The summed E-state index contributed by atoms with van der Waals surface area (Å²) in [5.41, 5.74) is 3.79. The van der Waals surface area contributed by atoms with Gasteiger partial charge in [-0.1, -0.05) is 59.6 Å². The number of rotatable bonds is 7. The first-order valence-electron chi connectivity index (χ1n) is 10.3. The van der Waals surface area contributed by atoms with Crippen molar-refractivity contribution in [2.75, 3.05) is 6.61 Å². The number of cyclic esters (lactones) is 1. The van der Waals surface area contributed by atoms with Crippen LogP contribution >= 0.6 is 11.6 Å². The van der Waals surface area contributed by atoms with Gasteiger partial charge in [-0.25, -0.2) is 9.79 Å². The molecule has 0 spiro atoms. The number of ether oxygens (including phenoxy) is 3. The fourth-order valence-electron chi connectivity index (χ4n) is 3.19. The number of esters is 1. The van der Waals surface area contributed by atoms with Crippen LogP contribution in [0.3, 0.4) is 0 Å². The van der Waals surface area contributed by atoms with E-state index in [0.717, 1.165) is 11.1 Å². The van der Waals surface area contributed by atoms with E-state index < -0.39 is 5.97 Å². The second kappa shape index (κ2) is 9.71. The summed E-state index contributed by atoms with van der Waals surface area (Å²) in [6, 6.07) is 20.8. The molecule has 3 aromatic rings. The molecule has 0 atom stereocenters. The Morgan fingerprint density at radius 1 is 1.03 bits per heavy atom. The SMILES string of the molecule is CCOc1cc(/C=C2\N=C(c3ccccc3)OC2=O)cc(Cl)c1OCc1ccc(C)cc1. The number of carbonyl (C=O) groups is 1. The fraction of sp³-hybridized carbons (Fsp3) is 0.154. The Hall–Kier alpha value is -3.57. The van der Waals surface area contributed by atoms with Crippen LogP contribution in [0.15, 0.2) is 77.4 Å². The first-order chi connectivity index (χ1) is 15.5. The normalized spacial score (nSPS) is 14.3. The molecule has 0 aliphatic carbocycles. The number of halogens is 1. The van der Waals surface area contributed by atoms with Gasteiger partial charge in [0.1, 0.15) is 6.61 Å². The van der Waals surface area contributed by atoms with Crippen LogP contribution in [0.1, 0.15) is 29.2 Å². The Bertz CT molecular complexity index is 1180. The summed E-state index contributed by atoms with van der Waals surface area (Å²) < 4.78 is 17.0. The van der Waals surface area contributed by atoms with Gasteiger partial charge < -0.3 is 14.2 Å². The lowest BCUT2D eigenvalue weighted by atomic mass is 10.1. The maximum absolute atomic E-state index is 12.3. The molecule has 5 nitrogen and oxygen atoms in total. The van der Waals surface area contributed by atoms with E-state index in [4.69, 9.17) is 25.8 Å². The van der Waals surface area contributed by atoms with Gasteiger partial charge in [-0.05, 0) is 55.3 Å². The second-order valence-corrected chi connectivity index (χ2v) is 7.65. The molecular formula is C26H22ClNO4. The third-order valence-corrected chi connectivity index (χ3v) is 5.06. The Kier molecular flexibility index (Phi) is 6.57. The van der Waals surface area contributed by atoms with Gasteiger partial charge in [0.2, 0.25) is 5.90 Å². The van der Waals surface area contributed by atoms with Gasteiger partial charge in [0.05, 0.1) is 11.6 Å². The summed E-state index contributed by atoms with van der Waals surface area (Å²) >= 11 is 6.52. The Balaban J connectivity index is 1.60. The molecule has 0 amide bonds. The quantitative estimate of drug-likeness (QED) is 0.330. The molecule has 0 saturated carbocycles. The van der Waals surface area contributed by atoms with E-state index >= 15 is 0 Å². The lowest BCUT2D eigenvalue weighted by Crippen LogP contribution is -2.05. The minimum absolute atomic E-state index is 0.190. The number of hydrogen-bond donors (Lipinski definition) is 0. The minimum Gasteiger partial charge on any atom is -0.490 e. The zero-order valence-corrected chi connectivity index (χ0v) is 18.6. The molecule has 162 valence electrons. The topological polar surface area (TPSA) is 57.1 Å². The Morgan fingerprint density at radius 2 is 1.78 bits per heavy atom. The molecule has 32 heavy (non-hydrogen) atoms. The Labute approximate surface area is 191 Å². The highest BCUT2D eigenvalue weighted by molar-refractivity contribution is 6.32. The molecule has 1 heterocycles. The third-order valence-electron chi connectivity index (χ3n) is 4.78. The van der Waals surface area contributed by atoms with Crippen molar-refractivity contribution in [2.24, 2.45) is 4.99 Å². The van der Waals surface area contributed by atoms with Crippen molar-refractivity contribution >= 4 is 29.5 Å². The van der Waals surface area contributed by atoms with Gasteiger partial charge in [0.15, 0.2) is 17.2 Å². The average molecular weight is 448 g/mol. The van der Waals surface area contributed by atoms with Crippen molar-refractivity contribution in [2.45, 2.75) is 20.5 Å². The van der Waals surface area contributed by atoms with Gasteiger partial charge in [0, 0.05) is 5.56 Å². The molecule has 0 unspecified atom stereocenters. The van der Waals surface area contributed by atoms with E-state index in [1.807, 2.05) is 68.4 Å². The van der Waals surface area contributed by atoms with E-state index in [1.54, 1.807) is 18.2 Å². The lowest BCUT2D eigenvalue weighted by molar-refractivity contribution is -0.129. The van der Waals surface area contributed by atoms with Gasteiger partial charge >= 0.3 is 5.97 Å². The van der Waals surface area contributed by atoms with Crippen LogP contribution in [0.25, 0.3) is 6.08 Å². The number of aryl methyl sites for hydroxylation is 1. The van der Waals surface area contributed by atoms with Crippen LogP contribution in [-0.4, -0.2) is 18.5 Å². The summed E-state index contributed by atoms with van der Waals surface area (Å²) in [4.78, 5) is 16.7. The molecule has 0 fully saturated rings. The van der Waals surface area contributed by atoms with Crippen molar-refractivity contribution in [3.63, 3.8) is 0 Å². The molecule has 3 aromatic carbocycles. The highest BCUT2D eigenvalue weighted by Gasteiger charge is 2.24. The van der Waals surface area contributed by atoms with Crippen molar-refractivity contribution in [1.82, 2.24) is 0 Å². The molecule has 4 rings (SSSR count). The van der Waals surface area contributed by atoms with E-state index in [1.165, 1.54) is 5.56 Å². The first kappa shape index (κ1) is 21.7. The summed E-state index contributed by atoms with van der Waals surface area (Å²) in [7, 11) is 0. The smallest absolute Gasteiger partial charge is 0.363 e. The maximum Gasteiger partial charge on any atom is 0.363 e. The predicted molar refractivity (Wildman–Crippen MR) is 125 cm³/mol. The molecule has 0 aromatic heterocycles. The molecule has 1 aliphatic heterocycles. The number of hydrogen-bond acceptors (Lipinski definition) is 5. The minimum atomic E-state index is -0.516. The number of carbonyl (C=O) groups excluding carboxylic acids is 1. The van der Waals surface area contributed by atoms with E-state index in [9.17, 15) is 4.79 Å². The summed E-state index contributed by atoms with van der Waals surface area (Å²) in [6.07, 6.45) is 1.62. The second-order valence-electron chi connectivity index (χ2n) is 7.24. The van der Waals surface area contributed by atoms with Crippen LogP contribution in [0.5, 0.6) is 11.5 Å². The fourth-order valence-corrected chi connectivity index (χ4v) is 3.46. The molecule has 0 saturated heterocycles. The first-order valence-corrected chi connectivity index (χ1v) is 10.6. The van der Waals surface area contributed by atoms with Crippen molar-refractivity contribution in [1.29, 1.82) is 0 Å². The molecule has 1 aliphatic rings. The van der Waals surface area contributed by atoms with Crippen LogP contribution < -0.4 is 9.47 Å². The summed E-state index contributed by atoms with van der Waals surface area (Å²) in [6.45, 7) is 4.72. The molecule has 0 bridgehead atoms. The van der Waals surface area contributed by atoms with Crippen molar-refractivity contribution in [3.05, 3.63) is 99.7 Å². The lowest BCUT2D eigenvalue weighted by Gasteiger charge is -2.14. The summed E-state index contributed by atoms with van der Waals surface area (Å²) in [5.74, 6) is 0.713. The van der Waals surface area contributed by atoms with Crippen LogP contribution in [0.4, 0.5) is 0 Å². The average Bonchev–Trinajstić information content (AvgIpc) is 3.15. The highest BCUT2D eigenvalue weighted by Crippen LogP contribution is 2.38. The standard InChI is InChI=1S/C26H22ClNO4/c1-3-30-23-15-19(13-21(27)24(23)31-16-18-11-9-17(2)10-12-18)14-22-26(29)32-25(28-22)20-7-5-4-6-8-20/h4-15H,3,16H2,1-2H3/b22-14-. The van der Waals surface area contributed by atoms with Crippen molar-refractivity contribution < 1.29 is 19.0 Å². The third kappa shape index (κ3) is 5.01. The monoisotopic (exact) mass is 447 g/mol.